The molecule has 2 aliphatic rings. The number of ether oxygens (including phenoxy) is 2. The number of carbonyl (C=O) groups is 4. The monoisotopic (exact) mass is 708 g/mol. The zero-order chi connectivity index (χ0) is 35.0. The molecule has 2 saturated carbocycles. The molecule has 2 rings (SSSR count). The summed E-state index contributed by atoms with van der Waals surface area (Å²) in [4.78, 5) is 55.0. The number of allylic oxidation sites excluding steroid dienone is 2. The fourth-order valence-electron chi connectivity index (χ4n) is 6.63. The van der Waals surface area contributed by atoms with E-state index in [2.05, 4.69) is 0 Å². The van der Waals surface area contributed by atoms with E-state index in [1.54, 1.807) is 24.0 Å². The second kappa shape index (κ2) is 26.2. The predicted molar refractivity (Wildman–Crippen MR) is 199 cm³/mol. The van der Waals surface area contributed by atoms with Gasteiger partial charge in [0.25, 0.3) is 0 Å². The zero-order valence-corrected chi connectivity index (χ0v) is 32.1. The molecule has 2 fully saturated rings. The maximum Gasteiger partial charge on any atom is 0.213 e. The summed E-state index contributed by atoms with van der Waals surface area (Å²) in [5, 5.41) is 0.480. The van der Waals surface area contributed by atoms with Gasteiger partial charge in [0.2, 0.25) is 12.8 Å². The van der Waals surface area contributed by atoms with E-state index in [0.29, 0.717) is 39.1 Å². The number of rotatable bonds is 27. The molecule has 0 aromatic rings. The summed E-state index contributed by atoms with van der Waals surface area (Å²) in [6.07, 6.45) is 22.8. The van der Waals surface area contributed by atoms with E-state index in [1.807, 2.05) is 13.8 Å². The summed E-state index contributed by atoms with van der Waals surface area (Å²) in [5.74, 6) is 0.302. The van der Waals surface area contributed by atoms with Crippen LogP contribution in [0.25, 0.3) is 0 Å². The van der Waals surface area contributed by atoms with Gasteiger partial charge < -0.3 is 19.3 Å². The van der Waals surface area contributed by atoms with Crippen molar-refractivity contribution in [2.24, 2.45) is 11.8 Å². The molecule has 2 amide bonds. The minimum Gasteiger partial charge on any atom is -0.384 e. The van der Waals surface area contributed by atoms with Crippen LogP contribution in [0.4, 0.5) is 0 Å². The topological polar surface area (TPSA) is 93.2 Å². The highest BCUT2D eigenvalue weighted by Crippen LogP contribution is 2.36. The van der Waals surface area contributed by atoms with Crippen molar-refractivity contribution in [3.63, 3.8) is 0 Å². The lowest BCUT2D eigenvalue weighted by Gasteiger charge is -2.22. The van der Waals surface area contributed by atoms with Crippen molar-refractivity contribution in [2.45, 2.75) is 142 Å². The lowest BCUT2D eigenvalue weighted by molar-refractivity contribution is -0.117. The number of carbonyl (C=O) groups excluding carboxylic acids is 4. The van der Waals surface area contributed by atoms with Crippen LogP contribution in [-0.4, -0.2) is 73.4 Å². The lowest BCUT2D eigenvalue weighted by atomic mass is 10.1. The van der Waals surface area contributed by atoms with Gasteiger partial charge in [-0.15, -0.1) is 0 Å². The third-order valence-corrected chi connectivity index (χ3v) is 12.4. The third-order valence-electron chi connectivity index (χ3n) is 9.86. The van der Waals surface area contributed by atoms with E-state index >= 15 is 0 Å². The zero-order valence-electron chi connectivity index (χ0n) is 30.4. The van der Waals surface area contributed by atoms with Gasteiger partial charge in [0, 0.05) is 73.2 Å². The molecule has 0 spiro atoms. The number of nitrogens with zero attached hydrogens (tertiary/aromatic N) is 2. The molecule has 0 N–H and O–H groups in total. The van der Waals surface area contributed by atoms with E-state index in [-0.39, 0.29) is 22.1 Å². The Kier molecular flexibility index (Phi) is 23.2. The molecule has 0 aromatic heterocycles. The molecule has 0 atom stereocenters. The molecule has 0 radical (unpaired) electrons. The molecule has 0 unspecified atom stereocenters. The summed E-state index contributed by atoms with van der Waals surface area (Å²) in [6.45, 7) is 6.36. The van der Waals surface area contributed by atoms with Crippen molar-refractivity contribution in [3.8, 4) is 0 Å². The Hall–Kier alpha value is -1.62. The molecule has 2 aliphatic carbocycles. The van der Waals surface area contributed by atoms with Gasteiger partial charge in [0.15, 0.2) is 10.2 Å². The van der Waals surface area contributed by atoms with Crippen molar-refractivity contribution in [1.82, 2.24) is 9.80 Å². The maximum absolute atomic E-state index is 12.8. The Morgan fingerprint density at radius 3 is 1.19 bits per heavy atom. The highest BCUT2D eigenvalue weighted by Gasteiger charge is 2.26. The van der Waals surface area contributed by atoms with E-state index in [0.717, 1.165) is 124 Å². The number of hydrogen-bond donors (Lipinski definition) is 0. The first kappa shape index (κ1) is 42.5. The van der Waals surface area contributed by atoms with Crippen LogP contribution >= 0.6 is 23.5 Å². The van der Waals surface area contributed by atoms with Crippen molar-refractivity contribution < 1.29 is 28.7 Å². The fourth-order valence-corrected chi connectivity index (χ4v) is 8.82. The molecule has 8 nitrogen and oxygen atoms in total. The average molecular weight is 709 g/mol. The van der Waals surface area contributed by atoms with Crippen molar-refractivity contribution >= 4 is 46.6 Å². The highest BCUT2D eigenvalue weighted by molar-refractivity contribution is 8.17. The van der Waals surface area contributed by atoms with Crippen molar-refractivity contribution in [3.05, 3.63) is 21.2 Å². The van der Waals surface area contributed by atoms with Gasteiger partial charge in [0.1, 0.15) is 0 Å². The number of unbranched alkanes of at least 4 members (excludes halogenated alkanes) is 9. The molecule has 274 valence electrons. The summed E-state index contributed by atoms with van der Waals surface area (Å²) < 4.78 is 10.6. The Labute approximate surface area is 299 Å². The smallest absolute Gasteiger partial charge is 0.213 e. The quantitative estimate of drug-likeness (QED) is 0.0616. The van der Waals surface area contributed by atoms with Crippen LogP contribution in [0.3, 0.4) is 0 Å². The number of thioether (sulfide) groups is 2. The molecule has 48 heavy (non-hydrogen) atoms. The van der Waals surface area contributed by atoms with E-state index in [9.17, 15) is 19.2 Å². The Balaban J connectivity index is 1.63. The lowest BCUT2D eigenvalue weighted by Crippen LogP contribution is -2.23. The van der Waals surface area contributed by atoms with E-state index < -0.39 is 0 Å². The third kappa shape index (κ3) is 16.4. The van der Waals surface area contributed by atoms with Gasteiger partial charge in [-0.1, -0.05) is 101 Å². The number of hydrogen-bond acceptors (Lipinski definition) is 8. The summed E-state index contributed by atoms with van der Waals surface area (Å²) >= 11 is 2.66. The second-order valence-electron chi connectivity index (χ2n) is 13.4. The van der Waals surface area contributed by atoms with E-state index in [1.165, 1.54) is 49.2 Å². The molecule has 0 bridgehead atoms. The normalized spacial score (nSPS) is 16.5. The minimum atomic E-state index is 0.151. The summed E-state index contributed by atoms with van der Waals surface area (Å²) in [7, 11) is 3.33. The van der Waals surface area contributed by atoms with Crippen LogP contribution in [-0.2, 0) is 28.7 Å². The largest absolute Gasteiger partial charge is 0.384 e. The standard InChI is InChI=1S/C38H64N2O6S2/c1-31(35(23-27-45-3)47-37(43)33-19-13-14-20-33)39(29-41)25-17-11-9-7-5-6-8-10-12-18-26-40(30-42)32(2)36(24-28-46-4)48-38(44)34-21-15-16-22-34/h29-30,33-34H,5-28H2,1-4H3/b35-31-,36-32-. The first-order chi connectivity index (χ1) is 23.4. The maximum atomic E-state index is 12.8. The van der Waals surface area contributed by atoms with Crippen LogP contribution in [0, 0.1) is 11.8 Å². The van der Waals surface area contributed by atoms with Crippen LogP contribution in [0.1, 0.15) is 142 Å². The van der Waals surface area contributed by atoms with Gasteiger partial charge in [-0.25, -0.2) is 0 Å². The number of methoxy groups -OCH3 is 2. The van der Waals surface area contributed by atoms with Gasteiger partial charge in [-0.05, 0) is 52.4 Å². The SMILES string of the molecule is COCC/C(SC(=O)C1CCCC1)=C(\C)N(C=O)CCCCCCCCCCCCN(C=O)/C(C)=C(/CCOC)SC(=O)C1CCCC1. The molecule has 0 heterocycles. The van der Waals surface area contributed by atoms with Gasteiger partial charge >= 0.3 is 0 Å². The molecular formula is C38H64N2O6S2. The molecule has 0 aromatic carbocycles. The molecule has 0 aliphatic heterocycles. The molecule has 10 heteroatoms. The fraction of sp³-hybridized carbons (Fsp3) is 0.789. The Morgan fingerprint density at radius 1 is 0.583 bits per heavy atom. The predicted octanol–water partition coefficient (Wildman–Crippen LogP) is 9.24. The van der Waals surface area contributed by atoms with Crippen LogP contribution in [0.2, 0.25) is 0 Å². The van der Waals surface area contributed by atoms with E-state index in [4.69, 9.17) is 9.47 Å². The van der Waals surface area contributed by atoms with Gasteiger partial charge in [-0.3, -0.25) is 19.2 Å². The Morgan fingerprint density at radius 2 is 0.896 bits per heavy atom. The van der Waals surface area contributed by atoms with Crippen LogP contribution in [0.5, 0.6) is 0 Å². The molecular weight excluding hydrogens is 645 g/mol. The Bertz CT molecular complexity index is 941. The van der Waals surface area contributed by atoms with Crippen LogP contribution < -0.4 is 0 Å². The summed E-state index contributed by atoms with van der Waals surface area (Å²) in [5.41, 5.74) is 1.78. The minimum absolute atomic E-state index is 0.151. The first-order valence-corrected chi connectivity index (χ1v) is 20.2. The van der Waals surface area contributed by atoms with Crippen molar-refractivity contribution in [2.75, 3.05) is 40.5 Å². The van der Waals surface area contributed by atoms with Crippen LogP contribution in [0.15, 0.2) is 21.2 Å². The second-order valence-corrected chi connectivity index (χ2v) is 15.6. The average Bonchev–Trinajstić information content (AvgIpc) is 3.84. The molecule has 0 saturated heterocycles. The van der Waals surface area contributed by atoms with Crippen molar-refractivity contribution in [1.29, 1.82) is 0 Å². The highest BCUT2D eigenvalue weighted by atomic mass is 32.2. The van der Waals surface area contributed by atoms with Gasteiger partial charge in [-0.2, -0.15) is 0 Å². The first-order valence-electron chi connectivity index (χ1n) is 18.6. The summed E-state index contributed by atoms with van der Waals surface area (Å²) in [6, 6.07) is 0. The number of amides is 2. The van der Waals surface area contributed by atoms with Gasteiger partial charge in [0.05, 0.1) is 13.2 Å².